The van der Waals surface area contributed by atoms with E-state index in [0.29, 0.717) is 22.3 Å². The molecule has 0 saturated heterocycles. The molecule has 1 fully saturated rings. The first-order valence-electron chi connectivity index (χ1n) is 11.9. The Balaban J connectivity index is 1.40. The smallest absolute Gasteiger partial charge is 0.247 e. The quantitative estimate of drug-likeness (QED) is 0.367. The van der Waals surface area contributed by atoms with Gasteiger partial charge >= 0.3 is 0 Å². The number of aromatic nitrogens is 6. The number of fused-ring (bicyclic) bond motifs is 1. The van der Waals surface area contributed by atoms with Crippen molar-refractivity contribution in [2.45, 2.75) is 52.0 Å². The van der Waals surface area contributed by atoms with E-state index in [1.807, 2.05) is 45.0 Å². The van der Waals surface area contributed by atoms with Crippen LogP contribution in [0.5, 0.6) is 0 Å². The summed E-state index contributed by atoms with van der Waals surface area (Å²) in [6.07, 6.45) is 5.22. The number of carbonyl (C=O) groups is 1. The van der Waals surface area contributed by atoms with Crippen molar-refractivity contribution in [3.63, 3.8) is 0 Å². The third-order valence-corrected chi connectivity index (χ3v) is 7.44. The van der Waals surface area contributed by atoms with E-state index in [1.165, 1.54) is 0 Å². The van der Waals surface area contributed by atoms with Gasteiger partial charge in [0, 0.05) is 30.6 Å². The Labute approximate surface area is 217 Å². The van der Waals surface area contributed by atoms with Crippen LogP contribution in [0.1, 0.15) is 51.7 Å². The number of benzene rings is 1. The number of hydrogen-bond acceptors (Lipinski definition) is 8. The van der Waals surface area contributed by atoms with E-state index in [9.17, 15) is 4.79 Å². The molecule has 3 aromatic heterocycles. The maximum atomic E-state index is 12.3. The van der Waals surface area contributed by atoms with Crippen LogP contribution in [0.15, 0.2) is 39.5 Å². The van der Waals surface area contributed by atoms with Crippen LogP contribution in [-0.2, 0) is 16.8 Å². The van der Waals surface area contributed by atoms with Crippen LogP contribution in [0.3, 0.4) is 0 Å². The lowest BCUT2D eigenvalue weighted by molar-refractivity contribution is -0.129. The number of carbonyl (C=O) groups excluding carboxylic acids is 1. The highest BCUT2D eigenvalue weighted by atomic mass is 79.9. The minimum Gasteiger partial charge on any atom is -0.419 e. The molecule has 0 radical (unpaired) electrons. The molecule has 0 unspecified atom stereocenters. The van der Waals surface area contributed by atoms with Gasteiger partial charge in [-0.15, -0.1) is 10.2 Å². The molecule has 1 aliphatic carbocycles. The normalized spacial score (nSPS) is 20.2. The van der Waals surface area contributed by atoms with Crippen molar-refractivity contribution in [1.29, 1.82) is 0 Å². The highest BCUT2D eigenvalue weighted by Gasteiger charge is 2.40. The minimum atomic E-state index is -0.706. The molecule has 0 spiro atoms. The van der Waals surface area contributed by atoms with Gasteiger partial charge in [0.15, 0.2) is 5.65 Å². The van der Waals surface area contributed by atoms with E-state index in [4.69, 9.17) is 15.1 Å². The maximum Gasteiger partial charge on any atom is 0.247 e. The van der Waals surface area contributed by atoms with Gasteiger partial charge in [0.2, 0.25) is 17.7 Å². The standard InChI is InChI=1S/C25H29BrN8O2/c1-24(2,27)23-32-31-21(36-23)15-5-7-16(8-6-15)34-20-17(19(26)33-34)13-29-18(30-20)11-14-9-10-25(3,12-14)22(35)28-4/h5-8,13-14H,9-12,27H2,1-4H3,(H,28,35)/t14-,25+/m0/s1. The average molecular weight is 553 g/mol. The van der Waals surface area contributed by atoms with Crippen molar-refractivity contribution < 1.29 is 9.21 Å². The van der Waals surface area contributed by atoms with Crippen LogP contribution in [0, 0.1) is 11.3 Å². The largest absolute Gasteiger partial charge is 0.419 e. The predicted octanol–water partition coefficient (Wildman–Crippen LogP) is 3.92. The summed E-state index contributed by atoms with van der Waals surface area (Å²) in [5.74, 6) is 2.01. The van der Waals surface area contributed by atoms with Gasteiger partial charge in [-0.05, 0) is 79.2 Å². The second kappa shape index (κ2) is 9.04. The Bertz CT molecular complexity index is 1420. The molecule has 1 amide bonds. The third-order valence-electron chi connectivity index (χ3n) is 6.85. The van der Waals surface area contributed by atoms with Gasteiger partial charge < -0.3 is 15.5 Å². The molecule has 10 nitrogen and oxygen atoms in total. The number of rotatable bonds is 6. The van der Waals surface area contributed by atoms with E-state index < -0.39 is 5.54 Å². The molecular formula is C25H29BrN8O2. The summed E-state index contributed by atoms with van der Waals surface area (Å²) in [5.41, 5.74) is 7.37. The van der Waals surface area contributed by atoms with Crippen molar-refractivity contribution in [2.24, 2.45) is 17.1 Å². The lowest BCUT2D eigenvalue weighted by atomic mass is 9.86. The zero-order valence-electron chi connectivity index (χ0n) is 20.7. The monoisotopic (exact) mass is 552 g/mol. The zero-order chi connectivity index (χ0) is 25.7. The Kier molecular flexibility index (Phi) is 6.16. The molecule has 0 bridgehead atoms. The Morgan fingerprint density at radius 1 is 1.31 bits per heavy atom. The molecule has 3 N–H and O–H groups in total. The predicted molar refractivity (Wildman–Crippen MR) is 138 cm³/mol. The summed E-state index contributed by atoms with van der Waals surface area (Å²) in [6.45, 7) is 5.67. The van der Waals surface area contributed by atoms with Crippen molar-refractivity contribution in [1.82, 2.24) is 35.3 Å². The summed E-state index contributed by atoms with van der Waals surface area (Å²) < 4.78 is 8.21. The Morgan fingerprint density at radius 2 is 2.06 bits per heavy atom. The first kappa shape index (κ1) is 24.5. The molecule has 36 heavy (non-hydrogen) atoms. The van der Waals surface area contributed by atoms with Crippen LogP contribution >= 0.6 is 15.9 Å². The van der Waals surface area contributed by atoms with Gasteiger partial charge in [0.05, 0.1) is 16.6 Å². The third kappa shape index (κ3) is 4.53. The van der Waals surface area contributed by atoms with E-state index in [2.05, 4.69) is 41.5 Å². The van der Waals surface area contributed by atoms with Crippen LogP contribution < -0.4 is 11.1 Å². The number of nitrogens with zero attached hydrogens (tertiary/aromatic N) is 6. The maximum absolute atomic E-state index is 12.3. The van der Waals surface area contributed by atoms with E-state index in [0.717, 1.165) is 53.8 Å². The van der Waals surface area contributed by atoms with Crippen LogP contribution in [0.4, 0.5) is 0 Å². The Morgan fingerprint density at radius 3 is 2.72 bits per heavy atom. The zero-order valence-corrected chi connectivity index (χ0v) is 22.3. The van der Waals surface area contributed by atoms with E-state index in [-0.39, 0.29) is 11.3 Å². The fraction of sp³-hybridized carbons (Fsp3) is 0.440. The lowest BCUT2D eigenvalue weighted by Gasteiger charge is -2.21. The summed E-state index contributed by atoms with van der Waals surface area (Å²) in [4.78, 5) is 21.8. The molecule has 0 aliphatic heterocycles. The fourth-order valence-electron chi connectivity index (χ4n) is 4.83. The second-order valence-electron chi connectivity index (χ2n) is 10.4. The molecule has 5 rings (SSSR count). The van der Waals surface area contributed by atoms with Crippen LogP contribution in [-0.4, -0.2) is 42.9 Å². The molecule has 188 valence electrons. The van der Waals surface area contributed by atoms with Crippen molar-refractivity contribution in [3.8, 4) is 17.1 Å². The molecule has 1 aliphatic rings. The first-order valence-corrected chi connectivity index (χ1v) is 12.7. The molecule has 1 saturated carbocycles. The lowest BCUT2D eigenvalue weighted by Crippen LogP contribution is -2.35. The molecule has 4 aromatic rings. The number of halogens is 1. The fourth-order valence-corrected chi connectivity index (χ4v) is 5.27. The summed E-state index contributed by atoms with van der Waals surface area (Å²) in [6, 6.07) is 7.66. The SMILES string of the molecule is CNC(=O)[C@]1(C)CC[C@@H](Cc2ncc3c(Br)nn(-c4ccc(-c5nnc(C(C)(C)N)o5)cc4)c3n2)C1. The van der Waals surface area contributed by atoms with Crippen molar-refractivity contribution >= 4 is 32.9 Å². The topological polar surface area (TPSA) is 138 Å². The number of nitrogens with one attached hydrogen (secondary N) is 1. The molecule has 11 heteroatoms. The summed E-state index contributed by atoms with van der Waals surface area (Å²) >= 11 is 3.54. The van der Waals surface area contributed by atoms with Gasteiger partial charge in [0.25, 0.3) is 0 Å². The van der Waals surface area contributed by atoms with E-state index in [1.54, 1.807) is 17.9 Å². The molecule has 2 atom stereocenters. The highest BCUT2D eigenvalue weighted by molar-refractivity contribution is 9.10. The van der Waals surface area contributed by atoms with Gasteiger partial charge in [0.1, 0.15) is 10.4 Å². The molecule has 3 heterocycles. The summed E-state index contributed by atoms with van der Waals surface area (Å²) in [5, 5.41) is 16.5. The first-order chi connectivity index (χ1) is 17.1. The number of nitrogens with two attached hydrogens (primary N) is 1. The molecule has 1 aromatic carbocycles. The van der Waals surface area contributed by atoms with Crippen LogP contribution in [0.2, 0.25) is 0 Å². The molecular weight excluding hydrogens is 524 g/mol. The average Bonchev–Trinajstić information content (AvgIpc) is 3.57. The van der Waals surface area contributed by atoms with Gasteiger partial charge in [-0.2, -0.15) is 5.10 Å². The van der Waals surface area contributed by atoms with Crippen LogP contribution in [0.25, 0.3) is 28.2 Å². The van der Waals surface area contributed by atoms with Gasteiger partial charge in [-0.1, -0.05) is 6.92 Å². The number of hydrogen-bond donors (Lipinski definition) is 2. The number of amides is 1. The minimum absolute atomic E-state index is 0.107. The van der Waals surface area contributed by atoms with E-state index >= 15 is 0 Å². The van der Waals surface area contributed by atoms with Gasteiger partial charge in [-0.25, -0.2) is 14.6 Å². The Hall–Kier alpha value is -3.18. The summed E-state index contributed by atoms with van der Waals surface area (Å²) in [7, 11) is 1.70. The highest BCUT2D eigenvalue weighted by Crippen LogP contribution is 2.42. The van der Waals surface area contributed by atoms with Crippen molar-refractivity contribution in [3.05, 3.63) is 46.8 Å². The van der Waals surface area contributed by atoms with Gasteiger partial charge in [-0.3, -0.25) is 4.79 Å². The second-order valence-corrected chi connectivity index (χ2v) is 11.1. The van der Waals surface area contributed by atoms with Crippen molar-refractivity contribution in [2.75, 3.05) is 7.05 Å².